The van der Waals surface area contributed by atoms with E-state index in [1.807, 2.05) is 0 Å². The molecule has 0 amide bonds. The fraction of sp³-hybridized carbons (Fsp3) is 0. The smallest absolute Gasteiger partial charge is 0.0547 e. The van der Waals surface area contributed by atoms with Gasteiger partial charge >= 0.3 is 0 Å². The molecule has 0 atom stereocenters. The number of hydrogen-bond donors (Lipinski definition) is 0. The topological polar surface area (TPSA) is 8.17 Å². The molecule has 0 aliphatic carbocycles. The van der Waals surface area contributed by atoms with Crippen molar-refractivity contribution in [3.05, 3.63) is 267 Å². The lowest BCUT2D eigenvalue weighted by atomic mass is 9.95. The summed E-state index contributed by atoms with van der Waals surface area (Å²) in [5.41, 5.74) is 16.4. The first-order chi connectivity index (χ1) is 33.7. The molecule has 2 heteroatoms. The number of benzene rings is 12. The van der Waals surface area contributed by atoms with Crippen LogP contribution < -0.4 is 4.90 Å². The molecule has 0 bridgehead atoms. The highest BCUT2D eigenvalue weighted by Crippen LogP contribution is 2.42. The Kier molecular flexibility index (Phi) is 9.54. The van der Waals surface area contributed by atoms with Gasteiger partial charge in [0, 0.05) is 33.5 Å². The highest BCUT2D eigenvalue weighted by Gasteiger charge is 2.18. The Labute approximate surface area is 395 Å². The van der Waals surface area contributed by atoms with Crippen LogP contribution in [0.5, 0.6) is 0 Å². The molecule has 0 N–H and O–H groups in total. The summed E-state index contributed by atoms with van der Waals surface area (Å²) in [6.07, 6.45) is 0. The van der Waals surface area contributed by atoms with Crippen molar-refractivity contribution >= 4 is 71.2 Å². The van der Waals surface area contributed by atoms with E-state index < -0.39 is 0 Å². The summed E-state index contributed by atoms with van der Waals surface area (Å²) in [4.78, 5) is 2.40. The van der Waals surface area contributed by atoms with E-state index in [9.17, 15) is 0 Å². The van der Waals surface area contributed by atoms with Gasteiger partial charge in [0.25, 0.3) is 0 Å². The number of rotatable bonds is 8. The first kappa shape index (κ1) is 39.4. The van der Waals surface area contributed by atoms with Crippen LogP contribution in [-0.2, 0) is 0 Å². The van der Waals surface area contributed by atoms with E-state index in [0.29, 0.717) is 0 Å². The van der Waals surface area contributed by atoms with E-state index in [1.54, 1.807) is 0 Å². The molecule has 68 heavy (non-hydrogen) atoms. The van der Waals surface area contributed by atoms with Crippen LogP contribution in [0.4, 0.5) is 17.1 Å². The zero-order chi connectivity index (χ0) is 45.0. The molecule has 13 aromatic rings. The zero-order valence-corrected chi connectivity index (χ0v) is 37.3. The molecule has 0 fully saturated rings. The van der Waals surface area contributed by atoms with E-state index in [2.05, 4.69) is 276 Å². The summed E-state index contributed by atoms with van der Waals surface area (Å²) in [7, 11) is 0. The van der Waals surface area contributed by atoms with Gasteiger partial charge in [0.05, 0.1) is 11.0 Å². The Morgan fingerprint density at radius 3 is 1.60 bits per heavy atom. The molecule has 1 heterocycles. The maximum absolute atomic E-state index is 2.40. The molecular formula is C66H44N2. The van der Waals surface area contributed by atoms with Crippen LogP contribution >= 0.6 is 0 Å². The van der Waals surface area contributed by atoms with Crippen LogP contribution in [0.1, 0.15) is 0 Å². The van der Waals surface area contributed by atoms with E-state index >= 15 is 0 Å². The molecule has 0 saturated carbocycles. The van der Waals surface area contributed by atoms with Gasteiger partial charge in [-0.2, -0.15) is 0 Å². The summed E-state index contributed by atoms with van der Waals surface area (Å²) in [5.74, 6) is 0. The van der Waals surface area contributed by atoms with E-state index in [0.717, 1.165) is 28.3 Å². The lowest BCUT2D eigenvalue weighted by Gasteiger charge is -2.27. The lowest BCUT2D eigenvalue weighted by Crippen LogP contribution is -2.10. The van der Waals surface area contributed by atoms with Crippen molar-refractivity contribution in [1.29, 1.82) is 0 Å². The third-order valence-corrected chi connectivity index (χ3v) is 13.8. The second kappa shape index (κ2) is 16.5. The fourth-order valence-electron chi connectivity index (χ4n) is 10.5. The number of anilines is 3. The summed E-state index contributed by atoms with van der Waals surface area (Å²) >= 11 is 0. The largest absolute Gasteiger partial charge is 0.310 e. The Balaban J connectivity index is 0.895. The number of fused-ring (bicyclic) bond motifs is 7. The van der Waals surface area contributed by atoms with Crippen molar-refractivity contribution in [3.8, 4) is 50.2 Å². The monoisotopic (exact) mass is 864 g/mol. The Bertz CT molecular complexity index is 4010. The van der Waals surface area contributed by atoms with E-state index in [-0.39, 0.29) is 0 Å². The minimum atomic E-state index is 1.09. The van der Waals surface area contributed by atoms with Crippen LogP contribution in [0.25, 0.3) is 104 Å². The van der Waals surface area contributed by atoms with Gasteiger partial charge in [0.2, 0.25) is 0 Å². The molecule has 2 nitrogen and oxygen atoms in total. The Morgan fingerprint density at radius 2 is 0.779 bits per heavy atom. The second-order valence-corrected chi connectivity index (χ2v) is 17.7. The van der Waals surface area contributed by atoms with Crippen molar-refractivity contribution in [1.82, 2.24) is 4.57 Å². The van der Waals surface area contributed by atoms with Crippen LogP contribution in [0, 0.1) is 0 Å². The maximum atomic E-state index is 2.40. The molecule has 0 unspecified atom stereocenters. The average molecular weight is 865 g/mol. The SMILES string of the molecule is c1ccc(-n2c3ccccc3c3c(-c4cccc(-c5cccc(N(c6ccc(-c7ccc(-c8cccc9ccccc89)cc7)cc6)c6ccc7c(ccc8ccccc87)c6)c5)c4)cccc32)cc1. The van der Waals surface area contributed by atoms with Crippen molar-refractivity contribution < 1.29 is 0 Å². The zero-order valence-electron chi connectivity index (χ0n) is 37.3. The molecule has 12 aromatic carbocycles. The van der Waals surface area contributed by atoms with Crippen LogP contribution in [-0.4, -0.2) is 4.57 Å². The third-order valence-electron chi connectivity index (χ3n) is 13.8. The minimum Gasteiger partial charge on any atom is -0.310 e. The van der Waals surface area contributed by atoms with E-state index in [1.165, 1.54) is 93.1 Å². The molecule has 0 aliphatic rings. The van der Waals surface area contributed by atoms with Gasteiger partial charge in [-0.05, 0) is 144 Å². The van der Waals surface area contributed by atoms with Gasteiger partial charge in [-0.1, -0.05) is 200 Å². The normalized spacial score (nSPS) is 11.5. The van der Waals surface area contributed by atoms with Gasteiger partial charge in [0.1, 0.15) is 0 Å². The van der Waals surface area contributed by atoms with Gasteiger partial charge in [-0.25, -0.2) is 0 Å². The molecule has 0 spiro atoms. The molecular weight excluding hydrogens is 821 g/mol. The Hall–Kier alpha value is -8.98. The van der Waals surface area contributed by atoms with Crippen molar-refractivity contribution in [3.63, 3.8) is 0 Å². The number of aromatic nitrogens is 1. The van der Waals surface area contributed by atoms with Crippen LogP contribution in [0.3, 0.4) is 0 Å². The highest BCUT2D eigenvalue weighted by atomic mass is 15.1. The third kappa shape index (κ3) is 6.82. The number of nitrogens with zero attached hydrogens (tertiary/aromatic N) is 2. The average Bonchev–Trinajstić information content (AvgIpc) is 3.76. The first-order valence-electron chi connectivity index (χ1n) is 23.4. The Morgan fingerprint density at radius 1 is 0.250 bits per heavy atom. The number of hydrogen-bond acceptors (Lipinski definition) is 1. The minimum absolute atomic E-state index is 1.09. The summed E-state index contributed by atoms with van der Waals surface area (Å²) in [5, 5.41) is 10.0. The summed E-state index contributed by atoms with van der Waals surface area (Å²) in [6, 6.07) is 97.5. The molecule has 0 aliphatic heterocycles. The van der Waals surface area contributed by atoms with Gasteiger partial charge in [-0.3, -0.25) is 0 Å². The standard InChI is InChI=1S/C66H44N2/c1-2-20-54(21-3-1)68-64-28-9-8-25-63(64)66-62(27-13-29-65(66)68)52-19-10-17-50(42-52)51-18-11-22-56(43-51)67(57-40-41-61-53(44-57)35-34-48-15-5-7-24-59(48)61)55-38-36-46(37-39-55)45-30-32-49(33-31-45)60-26-12-16-47-14-4-6-23-58(47)60/h1-44H. The van der Waals surface area contributed by atoms with Crippen molar-refractivity contribution in [2.45, 2.75) is 0 Å². The predicted molar refractivity (Wildman–Crippen MR) is 290 cm³/mol. The van der Waals surface area contributed by atoms with Crippen LogP contribution in [0.15, 0.2) is 267 Å². The van der Waals surface area contributed by atoms with Gasteiger partial charge < -0.3 is 9.47 Å². The molecule has 318 valence electrons. The summed E-state index contributed by atoms with van der Waals surface area (Å²) in [6.45, 7) is 0. The van der Waals surface area contributed by atoms with Gasteiger partial charge in [-0.15, -0.1) is 0 Å². The molecule has 0 radical (unpaired) electrons. The predicted octanol–water partition coefficient (Wildman–Crippen LogP) is 18.4. The maximum Gasteiger partial charge on any atom is 0.0547 e. The molecule has 1 aromatic heterocycles. The molecule has 0 saturated heterocycles. The van der Waals surface area contributed by atoms with Crippen molar-refractivity contribution in [2.24, 2.45) is 0 Å². The highest BCUT2D eigenvalue weighted by molar-refractivity contribution is 6.16. The molecule has 13 rings (SSSR count). The lowest BCUT2D eigenvalue weighted by molar-refractivity contribution is 1.18. The number of para-hydroxylation sites is 2. The van der Waals surface area contributed by atoms with Crippen molar-refractivity contribution in [2.75, 3.05) is 4.90 Å². The summed E-state index contributed by atoms with van der Waals surface area (Å²) < 4.78 is 2.39. The quantitative estimate of drug-likeness (QED) is 0.138. The van der Waals surface area contributed by atoms with Crippen LogP contribution in [0.2, 0.25) is 0 Å². The van der Waals surface area contributed by atoms with E-state index in [4.69, 9.17) is 0 Å². The second-order valence-electron chi connectivity index (χ2n) is 17.7. The van der Waals surface area contributed by atoms with Gasteiger partial charge in [0.15, 0.2) is 0 Å². The fourth-order valence-corrected chi connectivity index (χ4v) is 10.5. The first-order valence-corrected chi connectivity index (χ1v) is 23.4.